The lowest BCUT2D eigenvalue weighted by Gasteiger charge is -2.25. The van der Waals surface area contributed by atoms with Crippen molar-refractivity contribution in [2.24, 2.45) is 11.7 Å². The van der Waals surface area contributed by atoms with Gasteiger partial charge in [-0.05, 0) is 24.8 Å². The Labute approximate surface area is 121 Å². The number of hydrogen-bond acceptors (Lipinski definition) is 3. The maximum atomic E-state index is 11.9. The molecule has 0 aliphatic rings. The van der Waals surface area contributed by atoms with E-state index in [0.29, 0.717) is 12.3 Å². The SMILES string of the molecule is CC(C)CC(C)(O)CNC(=O)CC(N)c1ccccc1. The predicted octanol–water partition coefficient (Wildman–Crippen LogP) is 1.99. The van der Waals surface area contributed by atoms with Crippen molar-refractivity contribution < 1.29 is 9.90 Å². The fourth-order valence-corrected chi connectivity index (χ4v) is 2.33. The molecule has 0 heterocycles. The molecule has 2 atom stereocenters. The Balaban J connectivity index is 2.41. The normalized spacial score (nSPS) is 15.7. The number of amides is 1. The average Bonchev–Trinajstić information content (AvgIpc) is 2.36. The first-order valence-electron chi connectivity index (χ1n) is 7.10. The third-order valence-electron chi connectivity index (χ3n) is 3.15. The Hall–Kier alpha value is -1.39. The van der Waals surface area contributed by atoms with Crippen LogP contribution in [0.15, 0.2) is 30.3 Å². The van der Waals surface area contributed by atoms with Crippen LogP contribution in [-0.2, 0) is 4.79 Å². The number of rotatable bonds is 7. The van der Waals surface area contributed by atoms with Gasteiger partial charge in [-0.1, -0.05) is 44.2 Å². The van der Waals surface area contributed by atoms with E-state index in [1.165, 1.54) is 0 Å². The second kappa shape index (κ2) is 7.41. The molecular formula is C16H26N2O2. The van der Waals surface area contributed by atoms with E-state index in [2.05, 4.69) is 5.32 Å². The van der Waals surface area contributed by atoms with Gasteiger partial charge in [-0.3, -0.25) is 4.79 Å². The maximum absolute atomic E-state index is 11.9. The zero-order valence-electron chi connectivity index (χ0n) is 12.6. The van der Waals surface area contributed by atoms with Crippen LogP contribution in [0.3, 0.4) is 0 Å². The van der Waals surface area contributed by atoms with Gasteiger partial charge in [-0.25, -0.2) is 0 Å². The number of carbonyl (C=O) groups is 1. The van der Waals surface area contributed by atoms with Gasteiger partial charge in [0.1, 0.15) is 0 Å². The molecule has 0 fully saturated rings. The average molecular weight is 278 g/mol. The van der Waals surface area contributed by atoms with Crippen LogP contribution in [-0.4, -0.2) is 23.2 Å². The lowest BCUT2D eigenvalue weighted by Crippen LogP contribution is -2.42. The molecule has 0 saturated carbocycles. The summed E-state index contributed by atoms with van der Waals surface area (Å²) in [6, 6.07) is 9.23. The lowest BCUT2D eigenvalue weighted by atomic mass is 9.94. The molecule has 0 aromatic heterocycles. The fourth-order valence-electron chi connectivity index (χ4n) is 2.33. The van der Waals surface area contributed by atoms with Gasteiger partial charge in [0.2, 0.25) is 5.91 Å². The summed E-state index contributed by atoms with van der Waals surface area (Å²) >= 11 is 0. The van der Waals surface area contributed by atoms with E-state index in [1.807, 2.05) is 44.2 Å². The minimum Gasteiger partial charge on any atom is -0.388 e. The van der Waals surface area contributed by atoms with Crippen molar-refractivity contribution in [1.82, 2.24) is 5.32 Å². The monoisotopic (exact) mass is 278 g/mol. The van der Waals surface area contributed by atoms with E-state index >= 15 is 0 Å². The molecule has 0 aliphatic carbocycles. The van der Waals surface area contributed by atoms with Crippen molar-refractivity contribution in [2.45, 2.75) is 45.3 Å². The van der Waals surface area contributed by atoms with E-state index in [9.17, 15) is 9.90 Å². The van der Waals surface area contributed by atoms with Crippen LogP contribution in [0.2, 0.25) is 0 Å². The number of carbonyl (C=O) groups excluding carboxylic acids is 1. The van der Waals surface area contributed by atoms with Crippen molar-refractivity contribution in [3.8, 4) is 0 Å². The highest BCUT2D eigenvalue weighted by molar-refractivity contribution is 5.76. The summed E-state index contributed by atoms with van der Waals surface area (Å²) in [7, 11) is 0. The Morgan fingerprint density at radius 2 is 1.95 bits per heavy atom. The largest absolute Gasteiger partial charge is 0.388 e. The third-order valence-corrected chi connectivity index (χ3v) is 3.15. The van der Waals surface area contributed by atoms with E-state index in [4.69, 9.17) is 5.73 Å². The summed E-state index contributed by atoms with van der Waals surface area (Å²) in [5.74, 6) is 0.249. The molecule has 1 rings (SSSR count). The van der Waals surface area contributed by atoms with Gasteiger partial charge in [0.15, 0.2) is 0 Å². The molecule has 0 radical (unpaired) electrons. The van der Waals surface area contributed by atoms with E-state index in [0.717, 1.165) is 5.56 Å². The molecular weight excluding hydrogens is 252 g/mol. The van der Waals surface area contributed by atoms with Crippen LogP contribution < -0.4 is 11.1 Å². The molecule has 0 spiro atoms. The van der Waals surface area contributed by atoms with Crippen molar-refractivity contribution in [3.05, 3.63) is 35.9 Å². The summed E-state index contributed by atoms with van der Waals surface area (Å²) in [6.07, 6.45) is 0.875. The first-order valence-corrected chi connectivity index (χ1v) is 7.10. The molecule has 0 saturated heterocycles. The maximum Gasteiger partial charge on any atom is 0.222 e. The molecule has 1 aromatic carbocycles. The van der Waals surface area contributed by atoms with Crippen LogP contribution in [0, 0.1) is 5.92 Å². The minimum atomic E-state index is -0.874. The zero-order valence-corrected chi connectivity index (χ0v) is 12.6. The zero-order chi connectivity index (χ0) is 15.2. The summed E-state index contributed by atoms with van der Waals surface area (Å²) in [5, 5.41) is 12.9. The minimum absolute atomic E-state index is 0.134. The standard InChI is InChI=1S/C16H26N2O2/c1-12(2)10-16(3,20)11-18-15(19)9-14(17)13-7-5-4-6-8-13/h4-8,12,14,20H,9-11,17H2,1-3H3,(H,18,19). The molecule has 20 heavy (non-hydrogen) atoms. The number of nitrogens with one attached hydrogen (secondary N) is 1. The quantitative estimate of drug-likeness (QED) is 0.714. The third kappa shape index (κ3) is 6.17. The van der Waals surface area contributed by atoms with E-state index in [-0.39, 0.29) is 24.9 Å². The van der Waals surface area contributed by atoms with Crippen molar-refractivity contribution in [2.75, 3.05) is 6.54 Å². The number of hydrogen-bond donors (Lipinski definition) is 3. The van der Waals surface area contributed by atoms with Gasteiger partial charge in [-0.2, -0.15) is 0 Å². The molecule has 0 bridgehead atoms. The van der Waals surface area contributed by atoms with Crippen LogP contribution in [0.1, 0.15) is 45.2 Å². The van der Waals surface area contributed by atoms with Crippen LogP contribution >= 0.6 is 0 Å². The summed E-state index contributed by atoms with van der Waals surface area (Å²) in [5.41, 5.74) is 6.06. The summed E-state index contributed by atoms with van der Waals surface area (Å²) in [6.45, 7) is 6.08. The molecule has 2 unspecified atom stereocenters. The highest BCUT2D eigenvalue weighted by Gasteiger charge is 2.23. The number of benzene rings is 1. The van der Waals surface area contributed by atoms with Crippen LogP contribution in [0.5, 0.6) is 0 Å². The van der Waals surface area contributed by atoms with Crippen molar-refractivity contribution in [3.63, 3.8) is 0 Å². The highest BCUT2D eigenvalue weighted by Crippen LogP contribution is 2.16. The fraction of sp³-hybridized carbons (Fsp3) is 0.562. The van der Waals surface area contributed by atoms with Gasteiger partial charge in [0, 0.05) is 19.0 Å². The van der Waals surface area contributed by atoms with Gasteiger partial charge in [-0.15, -0.1) is 0 Å². The van der Waals surface area contributed by atoms with Crippen molar-refractivity contribution in [1.29, 1.82) is 0 Å². The highest BCUT2D eigenvalue weighted by atomic mass is 16.3. The first kappa shape index (κ1) is 16.7. The topological polar surface area (TPSA) is 75.3 Å². The van der Waals surface area contributed by atoms with Gasteiger partial charge >= 0.3 is 0 Å². The Kier molecular flexibility index (Phi) is 6.17. The summed E-state index contributed by atoms with van der Waals surface area (Å²) < 4.78 is 0. The van der Waals surface area contributed by atoms with Gasteiger partial charge in [0.25, 0.3) is 0 Å². The molecule has 4 nitrogen and oxygen atoms in total. The molecule has 1 amide bonds. The predicted molar refractivity (Wildman–Crippen MR) is 81.1 cm³/mol. The van der Waals surface area contributed by atoms with Gasteiger partial charge in [0.05, 0.1) is 5.60 Å². The summed E-state index contributed by atoms with van der Waals surface area (Å²) in [4.78, 5) is 11.9. The molecule has 0 aliphatic heterocycles. The smallest absolute Gasteiger partial charge is 0.222 e. The Bertz CT molecular complexity index is 416. The van der Waals surface area contributed by atoms with E-state index < -0.39 is 5.60 Å². The Morgan fingerprint density at radius 1 is 1.35 bits per heavy atom. The Morgan fingerprint density at radius 3 is 2.50 bits per heavy atom. The number of aliphatic hydroxyl groups is 1. The molecule has 4 heteroatoms. The van der Waals surface area contributed by atoms with E-state index in [1.54, 1.807) is 6.92 Å². The molecule has 1 aromatic rings. The number of nitrogens with two attached hydrogens (primary N) is 1. The van der Waals surface area contributed by atoms with Crippen molar-refractivity contribution >= 4 is 5.91 Å². The second-order valence-electron chi connectivity index (χ2n) is 6.09. The molecule has 4 N–H and O–H groups in total. The van der Waals surface area contributed by atoms with Crippen LogP contribution in [0.25, 0.3) is 0 Å². The second-order valence-corrected chi connectivity index (χ2v) is 6.09. The lowest BCUT2D eigenvalue weighted by molar-refractivity contribution is -0.122. The first-order chi connectivity index (χ1) is 9.30. The van der Waals surface area contributed by atoms with Crippen LogP contribution in [0.4, 0.5) is 0 Å². The van der Waals surface area contributed by atoms with Gasteiger partial charge < -0.3 is 16.2 Å². The molecule has 112 valence electrons.